The third kappa shape index (κ3) is 4.41. The van der Waals surface area contributed by atoms with Crippen molar-refractivity contribution in [1.29, 1.82) is 0 Å². The van der Waals surface area contributed by atoms with E-state index >= 15 is 0 Å². The van der Waals surface area contributed by atoms with Crippen molar-refractivity contribution in [3.63, 3.8) is 0 Å². The topological polar surface area (TPSA) is 87.1 Å². The Morgan fingerprint density at radius 2 is 1.73 bits per heavy atom. The summed E-state index contributed by atoms with van der Waals surface area (Å²) >= 11 is 12.2. The highest BCUT2D eigenvalue weighted by Gasteiger charge is 2.08. The normalized spacial score (nSPS) is 10.4. The molecule has 3 N–H and O–H groups in total. The van der Waals surface area contributed by atoms with Crippen LogP contribution in [-0.2, 0) is 0 Å². The fourth-order valence-electron chi connectivity index (χ4n) is 2.30. The van der Waals surface area contributed by atoms with E-state index in [-0.39, 0.29) is 5.56 Å². The number of aromatic nitrogens is 2. The van der Waals surface area contributed by atoms with Crippen LogP contribution in [0.4, 0.5) is 23.0 Å². The lowest BCUT2D eigenvalue weighted by Gasteiger charge is -2.12. The zero-order chi connectivity index (χ0) is 18.7. The predicted octanol–water partition coefficient (Wildman–Crippen LogP) is 5.28. The fraction of sp³-hybridized carbons (Fsp3) is 0.0556. The Balaban J connectivity index is 1.87. The summed E-state index contributed by atoms with van der Waals surface area (Å²) in [4.78, 5) is 19.7. The van der Waals surface area contributed by atoms with E-state index in [1.807, 2.05) is 0 Å². The second-order valence-corrected chi connectivity index (χ2v) is 6.29. The van der Waals surface area contributed by atoms with Gasteiger partial charge in [-0.1, -0.05) is 29.3 Å². The van der Waals surface area contributed by atoms with Gasteiger partial charge in [-0.25, -0.2) is 14.8 Å². The number of rotatable bonds is 5. The van der Waals surface area contributed by atoms with Crippen molar-refractivity contribution >= 4 is 52.2 Å². The lowest BCUT2D eigenvalue weighted by molar-refractivity contribution is 0.0697. The summed E-state index contributed by atoms with van der Waals surface area (Å²) in [6.07, 6.45) is 0. The molecule has 0 aliphatic carbocycles. The summed E-state index contributed by atoms with van der Waals surface area (Å²) in [6.45, 7) is 1.75. The first-order chi connectivity index (χ1) is 12.4. The van der Waals surface area contributed by atoms with Gasteiger partial charge < -0.3 is 15.7 Å². The molecule has 0 spiro atoms. The van der Waals surface area contributed by atoms with Gasteiger partial charge >= 0.3 is 5.97 Å². The van der Waals surface area contributed by atoms with Crippen molar-refractivity contribution in [2.45, 2.75) is 6.92 Å². The van der Waals surface area contributed by atoms with Crippen LogP contribution in [0.2, 0.25) is 10.0 Å². The number of nitrogens with zero attached hydrogens (tertiary/aromatic N) is 2. The lowest BCUT2D eigenvalue weighted by Crippen LogP contribution is -2.03. The van der Waals surface area contributed by atoms with Gasteiger partial charge in [0.05, 0.1) is 16.3 Å². The molecule has 0 unspecified atom stereocenters. The third-order valence-corrected chi connectivity index (χ3v) is 3.98. The van der Waals surface area contributed by atoms with Gasteiger partial charge in [0, 0.05) is 16.8 Å². The molecule has 2 aromatic carbocycles. The van der Waals surface area contributed by atoms with Gasteiger partial charge in [-0.15, -0.1) is 0 Å². The molecule has 0 bridgehead atoms. The molecule has 0 fully saturated rings. The molecule has 0 radical (unpaired) electrons. The van der Waals surface area contributed by atoms with Crippen LogP contribution >= 0.6 is 23.2 Å². The van der Waals surface area contributed by atoms with Gasteiger partial charge in [-0.2, -0.15) is 0 Å². The number of halogens is 2. The molecule has 0 saturated heterocycles. The van der Waals surface area contributed by atoms with Crippen LogP contribution in [-0.4, -0.2) is 21.0 Å². The summed E-state index contributed by atoms with van der Waals surface area (Å²) in [6, 6.07) is 13.2. The van der Waals surface area contributed by atoms with Gasteiger partial charge in [0.25, 0.3) is 0 Å². The number of carbonyl (C=O) groups is 1. The van der Waals surface area contributed by atoms with Crippen LogP contribution in [0.1, 0.15) is 16.2 Å². The van der Waals surface area contributed by atoms with E-state index in [9.17, 15) is 4.79 Å². The summed E-state index contributed by atoms with van der Waals surface area (Å²) in [5.41, 5.74) is 1.41. The largest absolute Gasteiger partial charge is 0.478 e. The van der Waals surface area contributed by atoms with E-state index in [0.29, 0.717) is 38.9 Å². The minimum Gasteiger partial charge on any atom is -0.478 e. The Labute approximate surface area is 159 Å². The Morgan fingerprint density at radius 1 is 1.00 bits per heavy atom. The molecule has 0 atom stereocenters. The maximum absolute atomic E-state index is 11.1. The van der Waals surface area contributed by atoms with Gasteiger partial charge in [-0.05, 0) is 43.3 Å². The number of aromatic carboxylic acids is 1. The molecule has 8 heteroatoms. The highest BCUT2D eigenvalue weighted by molar-refractivity contribution is 6.35. The average molecular weight is 389 g/mol. The molecule has 0 aliphatic heterocycles. The average Bonchev–Trinajstić information content (AvgIpc) is 2.58. The molecule has 0 saturated carbocycles. The van der Waals surface area contributed by atoms with Crippen molar-refractivity contribution < 1.29 is 9.90 Å². The highest BCUT2D eigenvalue weighted by atomic mass is 35.5. The van der Waals surface area contributed by atoms with Gasteiger partial charge in [0.15, 0.2) is 0 Å². The zero-order valence-electron chi connectivity index (χ0n) is 13.6. The van der Waals surface area contributed by atoms with Crippen LogP contribution in [0.15, 0.2) is 48.5 Å². The van der Waals surface area contributed by atoms with E-state index in [4.69, 9.17) is 28.3 Å². The summed E-state index contributed by atoms with van der Waals surface area (Å²) in [5.74, 6) is 0.578. The Morgan fingerprint density at radius 3 is 2.46 bits per heavy atom. The zero-order valence-corrected chi connectivity index (χ0v) is 15.1. The Kier molecular flexibility index (Phi) is 5.25. The molecule has 0 amide bonds. The summed E-state index contributed by atoms with van der Waals surface area (Å²) in [7, 11) is 0. The molecular weight excluding hydrogens is 375 g/mol. The first kappa shape index (κ1) is 18.0. The molecule has 1 heterocycles. The number of hydrogen-bond donors (Lipinski definition) is 3. The van der Waals surface area contributed by atoms with E-state index < -0.39 is 5.97 Å². The lowest BCUT2D eigenvalue weighted by atomic mass is 10.2. The number of hydrogen-bond acceptors (Lipinski definition) is 5. The molecule has 132 valence electrons. The van der Waals surface area contributed by atoms with Crippen LogP contribution in [0.5, 0.6) is 0 Å². The van der Waals surface area contributed by atoms with Crippen molar-refractivity contribution in [2.75, 3.05) is 10.6 Å². The van der Waals surface area contributed by atoms with Gasteiger partial charge in [0.1, 0.15) is 17.5 Å². The first-order valence-corrected chi connectivity index (χ1v) is 8.34. The van der Waals surface area contributed by atoms with E-state index in [1.54, 1.807) is 43.3 Å². The van der Waals surface area contributed by atoms with Crippen molar-refractivity contribution in [3.05, 3.63) is 70.0 Å². The molecule has 26 heavy (non-hydrogen) atoms. The standard InChI is InChI=1S/C18H14Cl2N4O2/c1-10-21-16(23-13-4-2-3-11(7-13)18(25)26)9-17(22-10)24-15-8-12(19)5-6-14(15)20/h2-9H,1H3,(H,25,26)(H2,21,22,23,24). The number of anilines is 4. The molecule has 1 aromatic heterocycles. The Bertz CT molecular complexity index is 979. The van der Waals surface area contributed by atoms with Crippen molar-refractivity contribution in [1.82, 2.24) is 9.97 Å². The summed E-state index contributed by atoms with van der Waals surface area (Å²) in [5, 5.41) is 16.3. The van der Waals surface area contributed by atoms with Gasteiger partial charge in [0.2, 0.25) is 0 Å². The number of aryl methyl sites for hydroxylation is 1. The molecule has 0 aliphatic rings. The molecular formula is C18H14Cl2N4O2. The fourth-order valence-corrected chi connectivity index (χ4v) is 2.64. The summed E-state index contributed by atoms with van der Waals surface area (Å²) < 4.78 is 0. The van der Waals surface area contributed by atoms with Gasteiger partial charge in [-0.3, -0.25) is 0 Å². The van der Waals surface area contributed by atoms with Crippen LogP contribution < -0.4 is 10.6 Å². The van der Waals surface area contributed by atoms with Crippen molar-refractivity contribution in [2.24, 2.45) is 0 Å². The van der Waals surface area contributed by atoms with E-state index in [0.717, 1.165) is 0 Å². The minimum absolute atomic E-state index is 0.185. The van der Waals surface area contributed by atoms with Crippen LogP contribution in [0.25, 0.3) is 0 Å². The third-order valence-electron chi connectivity index (χ3n) is 3.41. The number of nitrogens with one attached hydrogen (secondary N) is 2. The maximum Gasteiger partial charge on any atom is 0.335 e. The number of carboxylic acid groups (broad SMARTS) is 1. The number of carboxylic acids is 1. The predicted molar refractivity (Wildman–Crippen MR) is 103 cm³/mol. The second kappa shape index (κ2) is 7.59. The maximum atomic E-state index is 11.1. The minimum atomic E-state index is -0.995. The van der Waals surface area contributed by atoms with E-state index in [1.165, 1.54) is 12.1 Å². The quantitative estimate of drug-likeness (QED) is 0.551. The highest BCUT2D eigenvalue weighted by Crippen LogP contribution is 2.28. The van der Waals surface area contributed by atoms with Crippen molar-refractivity contribution in [3.8, 4) is 0 Å². The molecule has 3 rings (SSSR count). The first-order valence-electron chi connectivity index (χ1n) is 7.59. The second-order valence-electron chi connectivity index (χ2n) is 5.45. The monoisotopic (exact) mass is 388 g/mol. The van der Waals surface area contributed by atoms with Crippen LogP contribution in [0, 0.1) is 6.92 Å². The smallest absolute Gasteiger partial charge is 0.335 e. The molecule has 3 aromatic rings. The van der Waals surface area contributed by atoms with E-state index in [2.05, 4.69) is 20.6 Å². The Hall–Kier alpha value is -2.83. The SMILES string of the molecule is Cc1nc(Nc2cccc(C(=O)O)c2)cc(Nc2cc(Cl)ccc2Cl)n1. The van der Waals surface area contributed by atoms with Crippen LogP contribution in [0.3, 0.4) is 0 Å². The molecule has 6 nitrogen and oxygen atoms in total. The number of benzene rings is 2.